The molecule has 0 spiro atoms. The quantitative estimate of drug-likeness (QED) is 0.375. The molecular formula is C5H10O4. The number of aliphatic hydroxyl groups is 3. The third kappa shape index (κ3) is 1.62. The zero-order valence-electron chi connectivity index (χ0n) is 4.90. The molecule has 1 aliphatic rings. The van der Waals surface area contributed by atoms with Gasteiger partial charge in [-0.25, -0.2) is 0 Å². The Bertz CT molecular complexity index is 95.0. The molecule has 1 aliphatic heterocycles. The molecule has 0 aromatic rings. The van der Waals surface area contributed by atoms with Crippen molar-refractivity contribution in [2.45, 2.75) is 24.9 Å². The van der Waals surface area contributed by atoms with Gasteiger partial charge in [-0.2, -0.15) is 0 Å². The van der Waals surface area contributed by atoms with E-state index in [1.807, 2.05) is 0 Å². The first-order valence-electron chi connectivity index (χ1n) is 2.86. The highest BCUT2D eigenvalue weighted by Crippen LogP contribution is 2.11. The van der Waals surface area contributed by atoms with Gasteiger partial charge in [0.05, 0.1) is 12.7 Å². The van der Waals surface area contributed by atoms with Crippen LogP contribution in [0.4, 0.5) is 0 Å². The van der Waals surface area contributed by atoms with Gasteiger partial charge in [0.1, 0.15) is 6.10 Å². The Balaban J connectivity index is 2.35. The molecule has 0 amide bonds. The third-order valence-electron chi connectivity index (χ3n) is 1.30. The highest BCUT2D eigenvalue weighted by atomic mass is 16.6. The standard InChI is InChI=1S/C5H10O4/c6-3-1-4(7)5(8)9-2-3/h3-8H,1-2H2/t3-,4+,5+/m0/s1. The maximum Gasteiger partial charge on any atom is 0.181 e. The van der Waals surface area contributed by atoms with Gasteiger partial charge in [-0.05, 0) is 0 Å². The minimum absolute atomic E-state index is 0.109. The second-order valence-electron chi connectivity index (χ2n) is 2.18. The summed E-state index contributed by atoms with van der Waals surface area (Å²) in [4.78, 5) is 0. The fourth-order valence-corrected chi connectivity index (χ4v) is 0.784. The van der Waals surface area contributed by atoms with E-state index in [0.29, 0.717) is 0 Å². The zero-order valence-corrected chi connectivity index (χ0v) is 4.90. The SMILES string of the molecule is O[C@@H]1CO[C@@H](O)[C@H](O)C1. The Kier molecular flexibility index (Phi) is 2.02. The monoisotopic (exact) mass is 134 g/mol. The van der Waals surface area contributed by atoms with Crippen LogP contribution in [0.5, 0.6) is 0 Å². The average Bonchev–Trinajstić information content (AvgIpc) is 1.80. The van der Waals surface area contributed by atoms with Gasteiger partial charge < -0.3 is 20.1 Å². The lowest BCUT2D eigenvalue weighted by Gasteiger charge is -2.26. The highest BCUT2D eigenvalue weighted by molar-refractivity contribution is 4.70. The summed E-state index contributed by atoms with van der Waals surface area (Å²) in [6, 6.07) is 0. The fourth-order valence-electron chi connectivity index (χ4n) is 0.784. The van der Waals surface area contributed by atoms with Crippen LogP contribution in [-0.4, -0.2) is 40.4 Å². The van der Waals surface area contributed by atoms with E-state index in [2.05, 4.69) is 4.74 Å². The van der Waals surface area contributed by atoms with Crippen LogP contribution in [0.15, 0.2) is 0 Å². The lowest BCUT2D eigenvalue weighted by molar-refractivity contribution is -0.211. The molecule has 54 valence electrons. The molecule has 9 heavy (non-hydrogen) atoms. The molecule has 0 aromatic carbocycles. The van der Waals surface area contributed by atoms with Crippen molar-refractivity contribution in [1.29, 1.82) is 0 Å². The molecule has 1 heterocycles. The highest BCUT2D eigenvalue weighted by Gasteiger charge is 2.26. The van der Waals surface area contributed by atoms with Crippen molar-refractivity contribution in [3.05, 3.63) is 0 Å². The first-order valence-corrected chi connectivity index (χ1v) is 2.86. The summed E-state index contributed by atoms with van der Waals surface area (Å²) in [6.07, 6.45) is -2.49. The Morgan fingerprint density at radius 2 is 1.89 bits per heavy atom. The molecule has 1 rings (SSSR count). The van der Waals surface area contributed by atoms with Crippen molar-refractivity contribution in [3.63, 3.8) is 0 Å². The minimum Gasteiger partial charge on any atom is -0.391 e. The number of hydrogen-bond donors (Lipinski definition) is 3. The fraction of sp³-hybridized carbons (Fsp3) is 1.00. The van der Waals surface area contributed by atoms with Gasteiger partial charge in [0.25, 0.3) is 0 Å². The predicted octanol–water partition coefficient (Wildman–Crippen LogP) is -1.55. The van der Waals surface area contributed by atoms with Crippen molar-refractivity contribution < 1.29 is 20.1 Å². The molecule has 0 saturated carbocycles. The van der Waals surface area contributed by atoms with Gasteiger partial charge in [0, 0.05) is 6.42 Å². The van der Waals surface area contributed by atoms with Crippen molar-refractivity contribution in [3.8, 4) is 0 Å². The zero-order chi connectivity index (χ0) is 6.85. The maximum atomic E-state index is 8.81. The van der Waals surface area contributed by atoms with Crippen molar-refractivity contribution >= 4 is 0 Å². The normalized spacial score (nSPS) is 45.0. The molecule has 0 bridgehead atoms. The Labute approximate surface area is 52.7 Å². The largest absolute Gasteiger partial charge is 0.391 e. The van der Waals surface area contributed by atoms with Gasteiger partial charge in [0.15, 0.2) is 6.29 Å². The summed E-state index contributed by atoms with van der Waals surface area (Å²) in [5.41, 5.74) is 0. The second-order valence-corrected chi connectivity index (χ2v) is 2.18. The molecule has 3 N–H and O–H groups in total. The van der Waals surface area contributed by atoms with E-state index >= 15 is 0 Å². The van der Waals surface area contributed by atoms with Gasteiger partial charge >= 0.3 is 0 Å². The predicted molar refractivity (Wildman–Crippen MR) is 28.6 cm³/mol. The lowest BCUT2D eigenvalue weighted by atomic mass is 10.1. The van der Waals surface area contributed by atoms with E-state index in [0.717, 1.165) is 0 Å². The van der Waals surface area contributed by atoms with Crippen LogP contribution >= 0.6 is 0 Å². The van der Waals surface area contributed by atoms with Crippen LogP contribution in [0.3, 0.4) is 0 Å². The van der Waals surface area contributed by atoms with Crippen LogP contribution in [-0.2, 0) is 4.74 Å². The summed E-state index contributed by atoms with van der Waals surface area (Å²) in [7, 11) is 0. The minimum atomic E-state index is -1.12. The topological polar surface area (TPSA) is 69.9 Å². The van der Waals surface area contributed by atoms with E-state index < -0.39 is 18.5 Å². The molecule has 4 heteroatoms. The molecule has 0 radical (unpaired) electrons. The maximum absolute atomic E-state index is 8.81. The number of rotatable bonds is 0. The van der Waals surface area contributed by atoms with Gasteiger partial charge in [-0.15, -0.1) is 0 Å². The average molecular weight is 134 g/mol. The van der Waals surface area contributed by atoms with Crippen molar-refractivity contribution in [2.75, 3.05) is 6.61 Å². The second kappa shape index (κ2) is 2.62. The van der Waals surface area contributed by atoms with Gasteiger partial charge in [-0.1, -0.05) is 0 Å². The molecular weight excluding hydrogens is 124 g/mol. The van der Waals surface area contributed by atoms with Gasteiger partial charge in [-0.3, -0.25) is 0 Å². The summed E-state index contributed by atoms with van der Waals surface area (Å²) in [5, 5.41) is 26.3. The first-order chi connectivity index (χ1) is 4.20. The van der Waals surface area contributed by atoms with E-state index in [4.69, 9.17) is 15.3 Å². The van der Waals surface area contributed by atoms with Crippen LogP contribution < -0.4 is 0 Å². The molecule has 0 unspecified atom stereocenters. The van der Waals surface area contributed by atoms with E-state index in [-0.39, 0.29) is 13.0 Å². The van der Waals surface area contributed by atoms with Gasteiger partial charge in [0.2, 0.25) is 0 Å². The van der Waals surface area contributed by atoms with Crippen LogP contribution in [0.25, 0.3) is 0 Å². The van der Waals surface area contributed by atoms with E-state index in [9.17, 15) is 0 Å². The lowest BCUT2D eigenvalue weighted by Crippen LogP contribution is -2.40. The van der Waals surface area contributed by atoms with Crippen molar-refractivity contribution in [1.82, 2.24) is 0 Å². The van der Waals surface area contributed by atoms with Crippen LogP contribution in [0, 0.1) is 0 Å². The summed E-state index contributed by atoms with van der Waals surface area (Å²) in [6.45, 7) is 0.109. The molecule has 3 atom stereocenters. The smallest absolute Gasteiger partial charge is 0.181 e. The molecule has 4 nitrogen and oxygen atoms in total. The van der Waals surface area contributed by atoms with Crippen molar-refractivity contribution in [2.24, 2.45) is 0 Å². The third-order valence-corrected chi connectivity index (χ3v) is 1.30. The molecule has 0 aromatic heterocycles. The van der Waals surface area contributed by atoms with Crippen LogP contribution in [0.2, 0.25) is 0 Å². The Morgan fingerprint density at radius 3 is 2.33 bits per heavy atom. The Morgan fingerprint density at radius 1 is 1.22 bits per heavy atom. The van der Waals surface area contributed by atoms with E-state index in [1.165, 1.54) is 0 Å². The summed E-state index contributed by atoms with van der Waals surface area (Å²) < 4.78 is 4.56. The number of aliphatic hydroxyl groups excluding tert-OH is 3. The number of ether oxygens (including phenoxy) is 1. The number of hydrogen-bond acceptors (Lipinski definition) is 4. The van der Waals surface area contributed by atoms with E-state index in [1.54, 1.807) is 0 Å². The van der Waals surface area contributed by atoms with Crippen LogP contribution in [0.1, 0.15) is 6.42 Å². The summed E-state index contributed by atoms with van der Waals surface area (Å²) in [5.74, 6) is 0. The summed E-state index contributed by atoms with van der Waals surface area (Å²) >= 11 is 0. The molecule has 1 fully saturated rings. The molecule has 1 saturated heterocycles. The Hall–Kier alpha value is -0.160. The first kappa shape index (κ1) is 6.95. The molecule has 0 aliphatic carbocycles.